The topological polar surface area (TPSA) is 9.23 Å². The number of ether oxygens (including phenoxy) is 1. The van der Waals surface area contributed by atoms with Crippen molar-refractivity contribution in [2.45, 2.75) is 59.2 Å². The molecule has 0 unspecified atom stereocenters. The van der Waals surface area contributed by atoms with Crippen molar-refractivity contribution in [1.82, 2.24) is 0 Å². The summed E-state index contributed by atoms with van der Waals surface area (Å²) in [5.41, 5.74) is 6.71. The van der Waals surface area contributed by atoms with Gasteiger partial charge >= 0.3 is 0 Å². The molecule has 0 heterocycles. The Morgan fingerprint density at radius 3 is 2.11 bits per heavy atom. The van der Waals surface area contributed by atoms with Gasteiger partial charge in [-0.15, -0.1) is 0 Å². The number of rotatable bonds is 7. The van der Waals surface area contributed by atoms with Crippen LogP contribution in [0.5, 0.6) is 5.75 Å². The predicted molar refractivity (Wildman–Crippen MR) is 126 cm³/mol. The van der Waals surface area contributed by atoms with E-state index in [-0.39, 0.29) is 0 Å². The molecule has 0 aliphatic heterocycles. The maximum absolute atomic E-state index is 6.38. The van der Waals surface area contributed by atoms with Crippen LogP contribution in [0.3, 0.4) is 0 Å². The Morgan fingerprint density at radius 1 is 0.929 bits per heavy atom. The Labute approximate surface area is 171 Å². The second kappa shape index (κ2) is 8.12. The summed E-state index contributed by atoms with van der Waals surface area (Å²) in [6, 6.07) is 15.7. The van der Waals surface area contributed by atoms with Crippen LogP contribution in [0.25, 0.3) is 10.8 Å². The van der Waals surface area contributed by atoms with Gasteiger partial charge in [0.2, 0.25) is 0 Å². The van der Waals surface area contributed by atoms with E-state index in [1.807, 2.05) is 6.08 Å². The quantitative estimate of drug-likeness (QED) is 0.360. The number of hydrogen-bond donors (Lipinski definition) is 0. The molecule has 148 valence electrons. The number of hydrogen-bond acceptors (Lipinski definition) is 1. The van der Waals surface area contributed by atoms with Gasteiger partial charge in [-0.05, 0) is 49.4 Å². The van der Waals surface area contributed by atoms with E-state index in [9.17, 15) is 0 Å². The Morgan fingerprint density at radius 2 is 1.54 bits per heavy atom. The van der Waals surface area contributed by atoms with Gasteiger partial charge in [0.15, 0.2) is 0 Å². The van der Waals surface area contributed by atoms with Crippen molar-refractivity contribution < 1.29 is 4.74 Å². The lowest BCUT2D eigenvalue weighted by atomic mass is 10.1. The Hall–Kier alpha value is -2.06. The zero-order chi connectivity index (χ0) is 20.5. The van der Waals surface area contributed by atoms with E-state index in [1.54, 1.807) is 11.1 Å². The summed E-state index contributed by atoms with van der Waals surface area (Å²) in [5.74, 6) is 1.09. The molecule has 0 saturated carbocycles. The standard InChI is InChI=1S/C26H34OSi/c1-8-17-27-25-23-14-12-11-13-22(23)15-16-24(25)28(9-2,10-3)26-20(6)18(4)19(5)21(26)7/h8,11-16,26H,1,9-10,17H2,2-7H3. The summed E-state index contributed by atoms with van der Waals surface area (Å²) in [6.07, 6.45) is 1.85. The lowest BCUT2D eigenvalue weighted by molar-refractivity contribution is 0.370. The first-order chi connectivity index (χ1) is 13.4. The fourth-order valence-electron chi connectivity index (χ4n) is 5.31. The van der Waals surface area contributed by atoms with E-state index in [4.69, 9.17) is 4.74 Å². The first kappa shape index (κ1) is 20.7. The van der Waals surface area contributed by atoms with Crippen molar-refractivity contribution in [2.24, 2.45) is 0 Å². The molecule has 3 rings (SSSR count). The van der Waals surface area contributed by atoms with Gasteiger partial charge in [-0.1, -0.05) is 86.1 Å². The molecule has 0 bridgehead atoms. The van der Waals surface area contributed by atoms with Crippen molar-refractivity contribution in [2.75, 3.05) is 6.61 Å². The summed E-state index contributed by atoms with van der Waals surface area (Å²) in [5, 5.41) is 3.96. The second-order valence-corrected chi connectivity index (χ2v) is 13.0. The second-order valence-electron chi connectivity index (χ2n) is 8.18. The van der Waals surface area contributed by atoms with E-state index in [0.29, 0.717) is 12.1 Å². The Kier molecular flexibility index (Phi) is 6.00. The van der Waals surface area contributed by atoms with E-state index in [0.717, 1.165) is 5.75 Å². The SMILES string of the molecule is C=CCOc1c([Si](CC)(CC)C2C(C)=C(C)C(C)=C2C)ccc2ccccc12. The molecule has 0 spiro atoms. The number of allylic oxidation sites excluding steroid dienone is 4. The average molecular weight is 391 g/mol. The molecule has 28 heavy (non-hydrogen) atoms. The van der Waals surface area contributed by atoms with Crippen LogP contribution in [0.2, 0.25) is 17.6 Å². The van der Waals surface area contributed by atoms with Crippen LogP contribution in [0.1, 0.15) is 41.5 Å². The molecule has 1 nitrogen and oxygen atoms in total. The highest BCUT2D eigenvalue weighted by molar-refractivity contribution is 6.94. The molecule has 0 N–H and O–H groups in total. The van der Waals surface area contributed by atoms with Crippen LogP contribution in [0.4, 0.5) is 0 Å². The van der Waals surface area contributed by atoms with Crippen molar-refractivity contribution in [3.8, 4) is 5.75 Å². The minimum Gasteiger partial charge on any atom is -0.489 e. The third-order valence-corrected chi connectivity index (χ3v) is 13.1. The van der Waals surface area contributed by atoms with E-state index in [2.05, 4.69) is 84.5 Å². The van der Waals surface area contributed by atoms with Gasteiger partial charge in [-0.2, -0.15) is 0 Å². The molecule has 0 saturated heterocycles. The zero-order valence-corrected chi connectivity index (χ0v) is 19.4. The molecular formula is C26H34OSi. The van der Waals surface area contributed by atoms with E-state index < -0.39 is 8.07 Å². The van der Waals surface area contributed by atoms with Gasteiger partial charge < -0.3 is 4.74 Å². The van der Waals surface area contributed by atoms with Crippen LogP contribution < -0.4 is 9.92 Å². The highest BCUT2D eigenvalue weighted by Crippen LogP contribution is 2.50. The monoisotopic (exact) mass is 390 g/mol. The number of benzene rings is 2. The summed E-state index contributed by atoms with van der Waals surface area (Å²) >= 11 is 0. The minimum absolute atomic E-state index is 0.547. The van der Waals surface area contributed by atoms with Gasteiger partial charge in [-0.25, -0.2) is 0 Å². The molecule has 0 amide bonds. The molecule has 0 fully saturated rings. The molecule has 2 aromatic rings. The Balaban J connectivity index is 2.31. The predicted octanol–water partition coefficient (Wildman–Crippen LogP) is 7.16. The fraction of sp³-hybridized carbons (Fsp3) is 0.385. The average Bonchev–Trinajstić information content (AvgIpc) is 2.92. The first-order valence-corrected chi connectivity index (χ1v) is 13.0. The molecule has 1 aliphatic carbocycles. The lowest BCUT2D eigenvalue weighted by Gasteiger charge is -2.39. The highest BCUT2D eigenvalue weighted by atomic mass is 28.3. The highest BCUT2D eigenvalue weighted by Gasteiger charge is 2.46. The van der Waals surface area contributed by atoms with Gasteiger partial charge in [0.05, 0.1) is 0 Å². The normalized spacial score (nSPS) is 15.6. The van der Waals surface area contributed by atoms with Crippen LogP contribution in [-0.4, -0.2) is 14.7 Å². The zero-order valence-electron chi connectivity index (χ0n) is 18.4. The van der Waals surface area contributed by atoms with Crippen molar-refractivity contribution in [3.63, 3.8) is 0 Å². The molecule has 0 aromatic heterocycles. The van der Waals surface area contributed by atoms with Crippen LogP contribution in [0, 0.1) is 0 Å². The molecular weight excluding hydrogens is 356 g/mol. The van der Waals surface area contributed by atoms with Gasteiger partial charge in [0.25, 0.3) is 0 Å². The smallest absolute Gasteiger partial charge is 0.126 e. The molecule has 0 radical (unpaired) electrons. The van der Waals surface area contributed by atoms with Crippen LogP contribution in [0.15, 0.2) is 71.3 Å². The molecule has 1 aliphatic rings. The van der Waals surface area contributed by atoms with E-state index in [1.165, 1.54) is 39.2 Å². The summed E-state index contributed by atoms with van der Waals surface area (Å²) in [4.78, 5) is 0. The summed E-state index contributed by atoms with van der Waals surface area (Å²) in [6.45, 7) is 18.5. The van der Waals surface area contributed by atoms with Crippen molar-refractivity contribution >= 4 is 24.0 Å². The maximum Gasteiger partial charge on any atom is 0.126 e. The summed E-state index contributed by atoms with van der Waals surface area (Å²) in [7, 11) is -1.88. The van der Waals surface area contributed by atoms with Crippen LogP contribution in [-0.2, 0) is 0 Å². The van der Waals surface area contributed by atoms with Gasteiger partial charge in [-0.3, -0.25) is 0 Å². The third kappa shape index (κ3) is 3.08. The lowest BCUT2D eigenvalue weighted by Crippen LogP contribution is -2.51. The Bertz CT molecular complexity index is 936. The van der Waals surface area contributed by atoms with Gasteiger partial charge in [0.1, 0.15) is 20.4 Å². The molecule has 0 atom stereocenters. The molecule has 2 heteroatoms. The van der Waals surface area contributed by atoms with Crippen molar-refractivity contribution in [1.29, 1.82) is 0 Å². The van der Waals surface area contributed by atoms with Crippen LogP contribution >= 0.6 is 0 Å². The molecule has 2 aromatic carbocycles. The van der Waals surface area contributed by atoms with Gasteiger partial charge in [0, 0.05) is 10.9 Å². The maximum atomic E-state index is 6.38. The largest absolute Gasteiger partial charge is 0.489 e. The number of fused-ring (bicyclic) bond motifs is 1. The first-order valence-electron chi connectivity index (χ1n) is 10.5. The fourth-order valence-corrected chi connectivity index (χ4v) is 10.9. The summed E-state index contributed by atoms with van der Waals surface area (Å²) < 4.78 is 6.38. The van der Waals surface area contributed by atoms with Crippen molar-refractivity contribution in [3.05, 3.63) is 71.3 Å². The van der Waals surface area contributed by atoms with E-state index >= 15 is 0 Å². The minimum atomic E-state index is -1.88. The third-order valence-electron chi connectivity index (χ3n) is 7.19.